The molecule has 1 aliphatic rings. The Hall–Kier alpha value is -1.16. The first-order valence-electron chi connectivity index (χ1n) is 4.94. The normalized spacial score (nSPS) is 15.6. The first kappa shape index (κ1) is 9.40. The second-order valence-corrected chi connectivity index (χ2v) is 3.52. The fraction of sp³-hybridized carbons (Fsp3) is 0.600. The van der Waals surface area contributed by atoms with Crippen molar-refractivity contribution in [1.29, 1.82) is 0 Å². The second kappa shape index (κ2) is 3.92. The van der Waals surface area contributed by atoms with Gasteiger partial charge in [-0.15, -0.1) is 0 Å². The van der Waals surface area contributed by atoms with Gasteiger partial charge in [0.05, 0.1) is 24.7 Å². The van der Waals surface area contributed by atoms with Gasteiger partial charge in [-0.2, -0.15) is 0 Å². The molecule has 0 saturated heterocycles. The van der Waals surface area contributed by atoms with Gasteiger partial charge in [0.1, 0.15) is 0 Å². The zero-order valence-electron chi connectivity index (χ0n) is 8.66. The number of rotatable bonds is 3. The summed E-state index contributed by atoms with van der Waals surface area (Å²) in [6.45, 7) is 5.14. The molecule has 14 heavy (non-hydrogen) atoms. The van der Waals surface area contributed by atoms with Crippen LogP contribution in [-0.4, -0.2) is 28.5 Å². The summed E-state index contributed by atoms with van der Waals surface area (Å²) < 4.78 is 5.04. The monoisotopic (exact) mass is 193 g/mol. The van der Waals surface area contributed by atoms with Gasteiger partial charge in [-0.05, 0) is 13.0 Å². The van der Waals surface area contributed by atoms with Crippen molar-refractivity contribution in [2.24, 2.45) is 0 Å². The van der Waals surface area contributed by atoms with Crippen molar-refractivity contribution in [3.8, 4) is 5.88 Å². The maximum absolute atomic E-state index is 5.04. The van der Waals surface area contributed by atoms with Crippen molar-refractivity contribution in [3.63, 3.8) is 0 Å². The van der Waals surface area contributed by atoms with Crippen molar-refractivity contribution >= 4 is 0 Å². The zero-order valence-corrected chi connectivity index (χ0v) is 8.66. The van der Waals surface area contributed by atoms with Crippen LogP contribution in [0, 0.1) is 0 Å². The van der Waals surface area contributed by atoms with Gasteiger partial charge < -0.3 is 4.74 Å². The number of aromatic nitrogens is 2. The maximum atomic E-state index is 5.04. The largest absolute Gasteiger partial charge is 0.480 e. The lowest BCUT2D eigenvalue weighted by atomic mass is 10.4. The first-order chi connectivity index (χ1) is 6.83. The minimum Gasteiger partial charge on any atom is -0.480 e. The minimum atomic E-state index is 0.613. The second-order valence-electron chi connectivity index (χ2n) is 3.52. The van der Waals surface area contributed by atoms with Crippen LogP contribution < -0.4 is 4.74 Å². The van der Waals surface area contributed by atoms with Crippen LogP contribution in [0.25, 0.3) is 0 Å². The van der Waals surface area contributed by atoms with Gasteiger partial charge in [0.15, 0.2) is 0 Å². The molecule has 0 saturated carbocycles. The molecule has 0 fully saturated rings. The summed E-state index contributed by atoms with van der Waals surface area (Å²) in [6, 6.07) is 0. The van der Waals surface area contributed by atoms with Gasteiger partial charge >= 0.3 is 0 Å². The molecule has 76 valence electrons. The van der Waals surface area contributed by atoms with Crippen LogP contribution >= 0.6 is 0 Å². The molecule has 4 nitrogen and oxygen atoms in total. The van der Waals surface area contributed by atoms with Gasteiger partial charge in [0.25, 0.3) is 0 Å². The van der Waals surface area contributed by atoms with E-state index >= 15 is 0 Å². The molecule has 0 amide bonds. The quantitative estimate of drug-likeness (QED) is 0.723. The predicted octanol–water partition coefficient (Wildman–Crippen LogP) is 1.21. The van der Waals surface area contributed by atoms with Gasteiger partial charge in [0.2, 0.25) is 5.88 Å². The summed E-state index contributed by atoms with van der Waals surface area (Å²) in [5.74, 6) is 0.613. The number of methoxy groups -OCH3 is 1. The Labute approximate surface area is 83.9 Å². The van der Waals surface area contributed by atoms with Crippen LogP contribution in [0.3, 0.4) is 0 Å². The lowest BCUT2D eigenvalue weighted by Gasteiger charge is -2.11. The molecule has 0 radical (unpaired) electrons. The molecule has 0 bridgehead atoms. The highest BCUT2D eigenvalue weighted by atomic mass is 16.5. The average Bonchev–Trinajstić information content (AvgIpc) is 2.59. The fourth-order valence-electron chi connectivity index (χ4n) is 1.74. The molecule has 0 atom stereocenters. The van der Waals surface area contributed by atoms with E-state index in [0.29, 0.717) is 5.88 Å². The van der Waals surface area contributed by atoms with Crippen LogP contribution in [0.5, 0.6) is 5.88 Å². The highest BCUT2D eigenvalue weighted by Gasteiger charge is 2.20. The van der Waals surface area contributed by atoms with Crippen molar-refractivity contribution in [2.75, 3.05) is 13.7 Å². The molecular weight excluding hydrogens is 178 g/mol. The zero-order chi connectivity index (χ0) is 9.97. The summed E-state index contributed by atoms with van der Waals surface area (Å²) in [6.07, 6.45) is 2.86. The predicted molar refractivity (Wildman–Crippen MR) is 53.0 cm³/mol. The Morgan fingerprint density at radius 3 is 2.93 bits per heavy atom. The van der Waals surface area contributed by atoms with E-state index in [2.05, 4.69) is 21.8 Å². The summed E-state index contributed by atoms with van der Waals surface area (Å²) in [7, 11) is 1.62. The van der Waals surface area contributed by atoms with Crippen molar-refractivity contribution in [2.45, 2.75) is 26.4 Å². The first-order valence-corrected chi connectivity index (χ1v) is 4.94. The van der Waals surface area contributed by atoms with E-state index in [9.17, 15) is 0 Å². The minimum absolute atomic E-state index is 0.613. The molecule has 2 rings (SSSR count). The molecule has 1 aromatic rings. The molecule has 4 heteroatoms. The molecule has 0 N–H and O–H groups in total. The number of nitrogens with zero attached hydrogens (tertiary/aromatic N) is 3. The molecule has 0 aromatic carbocycles. The van der Waals surface area contributed by atoms with Crippen LogP contribution in [0.1, 0.15) is 24.7 Å². The number of fused-ring (bicyclic) bond motifs is 1. The Morgan fingerprint density at radius 2 is 2.21 bits per heavy atom. The molecular formula is C10H15N3O. The third-order valence-electron chi connectivity index (χ3n) is 2.40. The molecule has 2 heterocycles. The fourth-order valence-corrected chi connectivity index (χ4v) is 1.74. The molecule has 0 aliphatic carbocycles. The smallest absolute Gasteiger partial charge is 0.232 e. The van der Waals surface area contributed by atoms with Gasteiger partial charge in [-0.3, -0.25) is 9.88 Å². The van der Waals surface area contributed by atoms with Crippen LogP contribution in [-0.2, 0) is 13.1 Å². The number of hydrogen-bond acceptors (Lipinski definition) is 4. The molecule has 1 aliphatic heterocycles. The molecule has 0 spiro atoms. The lowest BCUT2D eigenvalue weighted by Crippen LogP contribution is -2.16. The lowest BCUT2D eigenvalue weighted by molar-refractivity contribution is 0.281. The Kier molecular flexibility index (Phi) is 2.63. The van der Waals surface area contributed by atoms with Gasteiger partial charge in [-0.1, -0.05) is 6.92 Å². The van der Waals surface area contributed by atoms with E-state index in [0.717, 1.165) is 31.0 Å². The van der Waals surface area contributed by atoms with E-state index < -0.39 is 0 Å². The standard InChI is InChI=1S/C10H15N3O/c1-3-4-13-6-8-9(7-13)12-10(14-2)5-11-8/h5H,3-4,6-7H2,1-2H3. The summed E-state index contributed by atoms with van der Waals surface area (Å²) >= 11 is 0. The molecule has 1 aromatic heterocycles. The van der Waals surface area contributed by atoms with Crippen LogP contribution in [0.2, 0.25) is 0 Å². The van der Waals surface area contributed by atoms with E-state index in [1.54, 1.807) is 13.3 Å². The highest BCUT2D eigenvalue weighted by Crippen LogP contribution is 2.20. The summed E-state index contributed by atoms with van der Waals surface area (Å²) in [5, 5.41) is 0. The van der Waals surface area contributed by atoms with Crippen LogP contribution in [0.4, 0.5) is 0 Å². The van der Waals surface area contributed by atoms with E-state index in [4.69, 9.17) is 4.74 Å². The van der Waals surface area contributed by atoms with Crippen molar-refractivity contribution in [1.82, 2.24) is 14.9 Å². The van der Waals surface area contributed by atoms with E-state index in [-0.39, 0.29) is 0 Å². The number of hydrogen-bond donors (Lipinski definition) is 0. The van der Waals surface area contributed by atoms with Crippen molar-refractivity contribution < 1.29 is 4.74 Å². The van der Waals surface area contributed by atoms with Gasteiger partial charge in [0, 0.05) is 13.1 Å². The summed E-state index contributed by atoms with van der Waals surface area (Å²) in [5.41, 5.74) is 2.16. The van der Waals surface area contributed by atoms with Crippen LogP contribution in [0.15, 0.2) is 6.20 Å². The maximum Gasteiger partial charge on any atom is 0.232 e. The van der Waals surface area contributed by atoms with E-state index in [1.165, 1.54) is 6.42 Å². The highest BCUT2D eigenvalue weighted by molar-refractivity contribution is 5.20. The van der Waals surface area contributed by atoms with E-state index in [1.807, 2.05) is 0 Å². The Morgan fingerprint density at radius 1 is 1.43 bits per heavy atom. The summed E-state index contributed by atoms with van der Waals surface area (Å²) in [4.78, 5) is 11.1. The molecule has 0 unspecified atom stereocenters. The number of ether oxygens (including phenoxy) is 1. The third kappa shape index (κ3) is 1.70. The topological polar surface area (TPSA) is 38.2 Å². The Balaban J connectivity index is 2.14. The SMILES string of the molecule is CCCN1Cc2ncc(OC)nc2C1. The van der Waals surface area contributed by atoms with Gasteiger partial charge in [-0.25, -0.2) is 4.98 Å². The van der Waals surface area contributed by atoms with Crippen molar-refractivity contribution in [3.05, 3.63) is 17.6 Å². The Bertz CT molecular complexity index is 327. The third-order valence-corrected chi connectivity index (χ3v) is 2.40. The average molecular weight is 193 g/mol.